The number of esters is 4. The Morgan fingerprint density at radius 3 is 0.562 bits per heavy atom. The van der Waals surface area contributed by atoms with E-state index in [-0.39, 0.29) is 25.7 Å². The number of hydrogen-bond donors (Lipinski definition) is 3. The smallest absolute Gasteiger partial charge is 0.462 e. The lowest BCUT2D eigenvalue weighted by Gasteiger charge is -2.21. The van der Waals surface area contributed by atoms with Crippen molar-refractivity contribution in [3.05, 3.63) is 0 Å². The molecule has 624 valence electrons. The van der Waals surface area contributed by atoms with Gasteiger partial charge in [-0.3, -0.25) is 37.3 Å². The van der Waals surface area contributed by atoms with Gasteiger partial charge in [-0.15, -0.1) is 0 Å². The van der Waals surface area contributed by atoms with E-state index < -0.39 is 97.5 Å². The van der Waals surface area contributed by atoms with E-state index >= 15 is 0 Å². The van der Waals surface area contributed by atoms with Gasteiger partial charge in [0.2, 0.25) is 0 Å². The van der Waals surface area contributed by atoms with E-state index in [0.29, 0.717) is 25.7 Å². The van der Waals surface area contributed by atoms with Gasteiger partial charge in [0.25, 0.3) is 0 Å². The summed E-state index contributed by atoms with van der Waals surface area (Å²) >= 11 is 0. The Kier molecular flexibility index (Phi) is 78.6. The molecule has 0 amide bonds. The minimum atomic E-state index is -4.96. The quantitative estimate of drug-likeness (QED) is 0.0222. The van der Waals surface area contributed by atoms with Crippen LogP contribution in [0.3, 0.4) is 0 Å². The molecule has 0 saturated heterocycles. The van der Waals surface area contributed by atoms with Gasteiger partial charge in [0.15, 0.2) is 12.2 Å². The Bertz CT molecular complexity index is 1980. The normalized spacial score (nSPS) is 13.7. The second-order valence-corrected chi connectivity index (χ2v) is 33.8. The van der Waals surface area contributed by atoms with E-state index in [1.807, 2.05) is 0 Å². The average molecular weight is 1540 g/mol. The number of aliphatic hydroxyl groups is 1. The summed E-state index contributed by atoms with van der Waals surface area (Å²) in [6.45, 7) is 5.05. The standard InChI is InChI=1S/C86H168O17P2/c1-5-9-13-17-21-25-29-32-35-38-39-40-41-44-47-50-53-57-61-65-69-73-86(91)103-82(77-97-84(89)71-67-63-59-55-51-48-45-42-36-33-30-26-22-18-14-10-6-2)79-101-105(94,95)99-75-80(87)74-98-104(92,93)100-78-81(76-96-83(88)70-66-62-58-54-28-24-20-16-12-8-4)102-85(90)72-68-64-60-56-52-49-46-43-37-34-31-27-23-19-15-11-7-3/h80-82,87H,5-79H2,1-4H3,(H,92,93)(H,94,95)/t80-,81+,82+/m0/s1. The SMILES string of the molecule is CCCCCCCCCCCCCCCCCCCCCCCC(=O)O[C@H](COC(=O)CCCCCCCCCCCCCCCCCCC)COP(=O)(O)OC[C@@H](O)COP(=O)(O)OC[C@@H](COC(=O)CCCCCCCCCCCC)OC(=O)CCCCCCCCCCCCCCCCCCC. The number of phosphoric ester groups is 2. The molecule has 0 bridgehead atoms. The highest BCUT2D eigenvalue weighted by Crippen LogP contribution is 2.45. The lowest BCUT2D eigenvalue weighted by Crippen LogP contribution is -2.30. The number of rotatable bonds is 87. The third-order valence-corrected chi connectivity index (χ3v) is 22.3. The number of carbonyl (C=O) groups is 4. The van der Waals surface area contributed by atoms with Crippen molar-refractivity contribution >= 4 is 39.5 Å². The van der Waals surface area contributed by atoms with Crippen molar-refractivity contribution in [3.8, 4) is 0 Å². The van der Waals surface area contributed by atoms with E-state index in [2.05, 4.69) is 27.7 Å². The largest absolute Gasteiger partial charge is 0.472 e. The van der Waals surface area contributed by atoms with Gasteiger partial charge in [-0.2, -0.15) is 0 Å². The van der Waals surface area contributed by atoms with E-state index in [9.17, 15) is 43.2 Å². The predicted octanol–water partition coefficient (Wildman–Crippen LogP) is 26.5. The van der Waals surface area contributed by atoms with Crippen LogP contribution in [0.15, 0.2) is 0 Å². The third-order valence-electron chi connectivity index (χ3n) is 20.4. The summed E-state index contributed by atoms with van der Waals surface area (Å²) in [5, 5.41) is 10.7. The Hall–Kier alpha value is -1.94. The zero-order chi connectivity index (χ0) is 76.7. The first kappa shape index (κ1) is 103. The molecular formula is C86H168O17P2. The lowest BCUT2D eigenvalue weighted by molar-refractivity contribution is -0.161. The fourth-order valence-corrected chi connectivity index (χ4v) is 15.1. The Morgan fingerprint density at radius 2 is 0.381 bits per heavy atom. The van der Waals surface area contributed by atoms with Crippen molar-refractivity contribution in [1.82, 2.24) is 0 Å². The first-order chi connectivity index (χ1) is 51.2. The minimum absolute atomic E-state index is 0.109. The van der Waals surface area contributed by atoms with Crippen LogP contribution < -0.4 is 0 Å². The molecule has 5 atom stereocenters. The Labute approximate surface area is 645 Å². The van der Waals surface area contributed by atoms with E-state index in [1.165, 1.54) is 302 Å². The van der Waals surface area contributed by atoms with Gasteiger partial charge in [0.1, 0.15) is 19.3 Å². The first-order valence-electron chi connectivity index (χ1n) is 44.8. The van der Waals surface area contributed by atoms with Gasteiger partial charge in [-0.1, -0.05) is 419 Å². The molecule has 0 aliphatic rings. The molecule has 3 N–H and O–H groups in total. The second kappa shape index (κ2) is 80.1. The summed E-state index contributed by atoms with van der Waals surface area (Å²) in [4.78, 5) is 73.2. The average Bonchev–Trinajstić information content (AvgIpc) is 0.915. The number of phosphoric acid groups is 2. The molecule has 105 heavy (non-hydrogen) atoms. The minimum Gasteiger partial charge on any atom is -0.462 e. The van der Waals surface area contributed by atoms with Crippen LogP contribution in [-0.4, -0.2) is 96.7 Å². The number of carbonyl (C=O) groups excluding carboxylic acids is 4. The van der Waals surface area contributed by atoms with Gasteiger partial charge in [0.05, 0.1) is 26.4 Å². The van der Waals surface area contributed by atoms with Crippen LogP contribution in [0.5, 0.6) is 0 Å². The second-order valence-electron chi connectivity index (χ2n) is 30.9. The summed E-state index contributed by atoms with van der Waals surface area (Å²) in [6, 6.07) is 0. The van der Waals surface area contributed by atoms with Crippen LogP contribution in [-0.2, 0) is 65.4 Å². The summed E-state index contributed by atoms with van der Waals surface area (Å²) in [6.07, 6.45) is 75.0. The maximum Gasteiger partial charge on any atom is 0.472 e. The molecule has 0 aromatic rings. The molecule has 0 rings (SSSR count). The van der Waals surface area contributed by atoms with Crippen molar-refractivity contribution in [1.29, 1.82) is 0 Å². The van der Waals surface area contributed by atoms with E-state index in [4.69, 9.17) is 37.0 Å². The fourth-order valence-electron chi connectivity index (χ4n) is 13.5. The van der Waals surface area contributed by atoms with Crippen molar-refractivity contribution in [2.45, 2.75) is 489 Å². The molecule has 19 heteroatoms. The molecular weight excluding hydrogens is 1370 g/mol. The molecule has 0 aromatic heterocycles. The van der Waals surface area contributed by atoms with Crippen LogP contribution in [0.1, 0.15) is 471 Å². The van der Waals surface area contributed by atoms with Crippen molar-refractivity contribution in [2.75, 3.05) is 39.6 Å². The third kappa shape index (κ3) is 79.9. The molecule has 0 radical (unpaired) electrons. The molecule has 0 fully saturated rings. The van der Waals surface area contributed by atoms with Crippen LogP contribution in [0.25, 0.3) is 0 Å². The number of hydrogen-bond acceptors (Lipinski definition) is 15. The zero-order valence-corrected chi connectivity index (χ0v) is 70.5. The van der Waals surface area contributed by atoms with Gasteiger partial charge in [0, 0.05) is 25.7 Å². The number of unbranched alkanes of at least 4 members (excludes halogenated alkanes) is 61. The maximum absolute atomic E-state index is 13.1. The molecule has 0 aliphatic heterocycles. The van der Waals surface area contributed by atoms with Gasteiger partial charge >= 0.3 is 39.5 Å². The Morgan fingerprint density at radius 1 is 0.229 bits per heavy atom. The van der Waals surface area contributed by atoms with Gasteiger partial charge in [-0.25, -0.2) is 9.13 Å². The predicted molar refractivity (Wildman–Crippen MR) is 432 cm³/mol. The molecule has 2 unspecified atom stereocenters. The van der Waals surface area contributed by atoms with Gasteiger partial charge in [-0.05, 0) is 25.7 Å². The molecule has 0 aromatic carbocycles. The monoisotopic (exact) mass is 1540 g/mol. The summed E-state index contributed by atoms with van der Waals surface area (Å²) < 4.78 is 68.9. The maximum atomic E-state index is 13.1. The molecule has 0 aliphatic carbocycles. The highest BCUT2D eigenvalue weighted by atomic mass is 31.2. The summed E-state index contributed by atoms with van der Waals surface area (Å²) in [5.41, 5.74) is 0. The summed E-state index contributed by atoms with van der Waals surface area (Å²) in [5.74, 6) is -2.10. The lowest BCUT2D eigenvalue weighted by atomic mass is 10.0. The Balaban J connectivity index is 5.22. The van der Waals surface area contributed by atoms with Crippen molar-refractivity contribution in [2.24, 2.45) is 0 Å². The van der Waals surface area contributed by atoms with Crippen LogP contribution in [0.4, 0.5) is 0 Å². The van der Waals surface area contributed by atoms with Gasteiger partial charge < -0.3 is 33.8 Å². The molecule has 0 heterocycles. The van der Waals surface area contributed by atoms with Crippen LogP contribution >= 0.6 is 15.6 Å². The summed E-state index contributed by atoms with van der Waals surface area (Å²) in [7, 11) is -9.92. The first-order valence-corrected chi connectivity index (χ1v) is 47.8. The zero-order valence-electron chi connectivity index (χ0n) is 68.7. The van der Waals surface area contributed by atoms with E-state index in [0.717, 1.165) is 89.9 Å². The van der Waals surface area contributed by atoms with Crippen molar-refractivity contribution in [3.63, 3.8) is 0 Å². The molecule has 17 nitrogen and oxygen atoms in total. The van der Waals surface area contributed by atoms with Crippen LogP contribution in [0, 0.1) is 0 Å². The topological polar surface area (TPSA) is 237 Å². The molecule has 0 spiro atoms. The highest BCUT2D eigenvalue weighted by Gasteiger charge is 2.30. The number of aliphatic hydroxyl groups excluding tert-OH is 1. The van der Waals surface area contributed by atoms with Crippen molar-refractivity contribution < 1.29 is 80.2 Å². The van der Waals surface area contributed by atoms with E-state index in [1.54, 1.807) is 0 Å². The molecule has 0 saturated carbocycles. The number of ether oxygens (including phenoxy) is 4. The highest BCUT2D eigenvalue weighted by molar-refractivity contribution is 7.47. The van der Waals surface area contributed by atoms with Crippen LogP contribution in [0.2, 0.25) is 0 Å². The fraction of sp³-hybridized carbons (Fsp3) is 0.953.